The third kappa shape index (κ3) is 2.62. The van der Waals surface area contributed by atoms with Gasteiger partial charge in [-0.1, -0.05) is 13.8 Å². The molecule has 0 heterocycles. The van der Waals surface area contributed by atoms with Crippen LogP contribution in [0, 0.1) is 5.41 Å². The van der Waals surface area contributed by atoms with Crippen LogP contribution >= 0.6 is 15.9 Å². The highest BCUT2D eigenvalue weighted by Gasteiger charge is 2.49. The standard InChI is InChI=1S/C14H18BrNO3/c1-14(2)11(7-12(14)19-3)16-13(18)8-4-5-9(15)10(17)6-8/h4-6,11-12,17H,7H2,1-3H3,(H,16,18). The average Bonchev–Trinajstić information content (AvgIpc) is 2.36. The molecule has 2 rings (SSSR count). The smallest absolute Gasteiger partial charge is 0.251 e. The molecular formula is C14H18BrNO3. The first-order valence-corrected chi connectivity index (χ1v) is 6.97. The van der Waals surface area contributed by atoms with Crippen molar-refractivity contribution < 1.29 is 14.6 Å². The van der Waals surface area contributed by atoms with E-state index in [1.165, 1.54) is 6.07 Å². The number of benzene rings is 1. The number of hydrogen-bond acceptors (Lipinski definition) is 3. The van der Waals surface area contributed by atoms with E-state index < -0.39 is 0 Å². The average molecular weight is 328 g/mol. The Kier molecular flexibility index (Phi) is 3.87. The molecule has 19 heavy (non-hydrogen) atoms. The van der Waals surface area contributed by atoms with Crippen LogP contribution in [0.2, 0.25) is 0 Å². The number of phenolic OH excluding ortho intramolecular Hbond substituents is 1. The van der Waals surface area contributed by atoms with Gasteiger partial charge in [-0.15, -0.1) is 0 Å². The van der Waals surface area contributed by atoms with Crippen molar-refractivity contribution in [3.63, 3.8) is 0 Å². The minimum atomic E-state index is -0.171. The highest BCUT2D eigenvalue weighted by atomic mass is 79.9. The molecule has 4 nitrogen and oxygen atoms in total. The number of amides is 1. The summed E-state index contributed by atoms with van der Waals surface area (Å²) in [7, 11) is 1.69. The van der Waals surface area contributed by atoms with E-state index in [-0.39, 0.29) is 29.2 Å². The molecule has 2 atom stereocenters. The zero-order chi connectivity index (χ0) is 14.2. The number of carbonyl (C=O) groups is 1. The van der Waals surface area contributed by atoms with Crippen LogP contribution in [0.3, 0.4) is 0 Å². The van der Waals surface area contributed by atoms with Crippen molar-refractivity contribution in [2.24, 2.45) is 5.41 Å². The molecule has 1 aromatic carbocycles. The van der Waals surface area contributed by atoms with E-state index in [1.807, 2.05) is 0 Å². The van der Waals surface area contributed by atoms with Crippen LogP contribution in [-0.2, 0) is 4.74 Å². The molecule has 1 fully saturated rings. The number of rotatable bonds is 3. The maximum Gasteiger partial charge on any atom is 0.251 e. The quantitative estimate of drug-likeness (QED) is 0.897. The third-order valence-electron chi connectivity index (χ3n) is 3.98. The van der Waals surface area contributed by atoms with Gasteiger partial charge in [0.05, 0.1) is 10.6 Å². The molecule has 2 N–H and O–H groups in total. The van der Waals surface area contributed by atoms with Crippen molar-refractivity contribution in [3.05, 3.63) is 28.2 Å². The molecule has 2 unspecified atom stereocenters. The SMILES string of the molecule is COC1CC(NC(=O)c2ccc(Br)c(O)c2)C1(C)C. The topological polar surface area (TPSA) is 58.6 Å². The Morgan fingerprint density at radius 1 is 1.53 bits per heavy atom. The molecule has 1 amide bonds. The number of aromatic hydroxyl groups is 1. The summed E-state index contributed by atoms with van der Waals surface area (Å²) in [4.78, 5) is 12.1. The second kappa shape index (κ2) is 5.13. The first kappa shape index (κ1) is 14.3. The molecule has 0 radical (unpaired) electrons. The van der Waals surface area contributed by atoms with Crippen LogP contribution in [0.4, 0.5) is 0 Å². The van der Waals surface area contributed by atoms with Gasteiger partial charge in [-0.3, -0.25) is 4.79 Å². The second-order valence-corrected chi connectivity index (χ2v) is 6.33. The summed E-state index contributed by atoms with van der Waals surface area (Å²) < 4.78 is 5.93. The van der Waals surface area contributed by atoms with E-state index in [2.05, 4.69) is 35.1 Å². The zero-order valence-electron chi connectivity index (χ0n) is 11.2. The lowest BCUT2D eigenvalue weighted by molar-refractivity contribution is -0.0942. The number of hydrogen-bond donors (Lipinski definition) is 2. The molecule has 0 aliphatic heterocycles. The maximum atomic E-state index is 12.1. The lowest BCUT2D eigenvalue weighted by Crippen LogP contribution is -2.61. The Morgan fingerprint density at radius 3 is 2.74 bits per heavy atom. The molecule has 0 saturated heterocycles. The lowest BCUT2D eigenvalue weighted by Gasteiger charge is -2.51. The van der Waals surface area contributed by atoms with Gasteiger partial charge in [0.15, 0.2) is 0 Å². The second-order valence-electron chi connectivity index (χ2n) is 5.47. The number of halogens is 1. The number of ether oxygens (including phenoxy) is 1. The van der Waals surface area contributed by atoms with E-state index in [1.54, 1.807) is 19.2 Å². The fourth-order valence-corrected chi connectivity index (χ4v) is 2.67. The normalized spacial score (nSPS) is 24.6. The fraction of sp³-hybridized carbons (Fsp3) is 0.500. The van der Waals surface area contributed by atoms with Crippen LogP contribution in [0.5, 0.6) is 5.75 Å². The van der Waals surface area contributed by atoms with Crippen molar-refractivity contribution in [1.82, 2.24) is 5.32 Å². The predicted octanol–water partition coefficient (Wildman–Crippen LogP) is 2.70. The monoisotopic (exact) mass is 327 g/mol. The third-order valence-corrected chi connectivity index (χ3v) is 4.65. The van der Waals surface area contributed by atoms with Gasteiger partial charge in [-0.25, -0.2) is 0 Å². The summed E-state index contributed by atoms with van der Waals surface area (Å²) in [6.45, 7) is 4.16. The Balaban J connectivity index is 2.04. The van der Waals surface area contributed by atoms with E-state index in [0.717, 1.165) is 6.42 Å². The largest absolute Gasteiger partial charge is 0.507 e. The summed E-state index contributed by atoms with van der Waals surface area (Å²) in [6.07, 6.45) is 0.994. The summed E-state index contributed by atoms with van der Waals surface area (Å²) in [6, 6.07) is 4.89. The van der Waals surface area contributed by atoms with E-state index in [4.69, 9.17) is 4.74 Å². The fourth-order valence-electron chi connectivity index (χ4n) is 2.43. The maximum absolute atomic E-state index is 12.1. The molecule has 1 aromatic rings. The molecule has 0 bridgehead atoms. The molecular weight excluding hydrogens is 310 g/mol. The van der Waals surface area contributed by atoms with Gasteiger partial charge in [0.2, 0.25) is 0 Å². The van der Waals surface area contributed by atoms with E-state index >= 15 is 0 Å². The first-order valence-electron chi connectivity index (χ1n) is 6.18. The molecule has 1 aliphatic rings. The van der Waals surface area contributed by atoms with Crippen LogP contribution in [-0.4, -0.2) is 30.3 Å². The summed E-state index contributed by atoms with van der Waals surface area (Å²) in [5, 5.41) is 12.6. The van der Waals surface area contributed by atoms with Crippen LogP contribution in [0.1, 0.15) is 30.6 Å². The van der Waals surface area contributed by atoms with Gasteiger partial charge >= 0.3 is 0 Å². The van der Waals surface area contributed by atoms with Gasteiger partial charge in [0.1, 0.15) is 5.75 Å². The number of phenols is 1. The summed E-state index contributed by atoms with van der Waals surface area (Å²) in [5.74, 6) is -0.106. The molecule has 1 saturated carbocycles. The minimum absolute atomic E-state index is 0.0651. The van der Waals surface area contributed by atoms with E-state index in [0.29, 0.717) is 10.0 Å². The van der Waals surface area contributed by atoms with Crippen LogP contribution in [0.25, 0.3) is 0 Å². The Bertz CT molecular complexity index is 501. The van der Waals surface area contributed by atoms with Crippen molar-refractivity contribution >= 4 is 21.8 Å². The Hall–Kier alpha value is -1.07. The lowest BCUT2D eigenvalue weighted by atomic mass is 9.64. The summed E-state index contributed by atoms with van der Waals surface area (Å²) >= 11 is 3.19. The molecule has 0 aromatic heterocycles. The zero-order valence-corrected chi connectivity index (χ0v) is 12.8. The van der Waals surface area contributed by atoms with Crippen LogP contribution in [0.15, 0.2) is 22.7 Å². The summed E-state index contributed by atoms with van der Waals surface area (Å²) in [5.41, 5.74) is 0.388. The molecule has 5 heteroatoms. The minimum Gasteiger partial charge on any atom is -0.507 e. The van der Waals surface area contributed by atoms with Gasteiger partial charge in [-0.05, 0) is 40.5 Å². The van der Waals surface area contributed by atoms with Crippen LogP contribution < -0.4 is 5.32 Å². The Morgan fingerprint density at radius 2 is 2.21 bits per heavy atom. The van der Waals surface area contributed by atoms with Gasteiger partial charge in [0.25, 0.3) is 5.91 Å². The van der Waals surface area contributed by atoms with Gasteiger partial charge < -0.3 is 15.2 Å². The number of nitrogens with one attached hydrogen (secondary N) is 1. The predicted molar refractivity (Wildman–Crippen MR) is 76.3 cm³/mol. The Labute approximate surface area is 121 Å². The van der Waals surface area contributed by atoms with Crippen molar-refractivity contribution in [3.8, 4) is 5.75 Å². The molecule has 104 valence electrons. The number of methoxy groups -OCH3 is 1. The molecule has 0 spiro atoms. The number of carbonyl (C=O) groups excluding carboxylic acids is 1. The van der Waals surface area contributed by atoms with Crippen molar-refractivity contribution in [2.75, 3.05) is 7.11 Å². The van der Waals surface area contributed by atoms with Crippen molar-refractivity contribution in [2.45, 2.75) is 32.4 Å². The van der Waals surface area contributed by atoms with Crippen molar-refractivity contribution in [1.29, 1.82) is 0 Å². The molecule has 1 aliphatic carbocycles. The first-order chi connectivity index (χ1) is 8.86. The van der Waals surface area contributed by atoms with Gasteiger partial charge in [-0.2, -0.15) is 0 Å². The highest BCUT2D eigenvalue weighted by molar-refractivity contribution is 9.10. The highest BCUT2D eigenvalue weighted by Crippen LogP contribution is 2.42. The van der Waals surface area contributed by atoms with Gasteiger partial charge in [0, 0.05) is 24.1 Å². The van der Waals surface area contributed by atoms with E-state index in [9.17, 15) is 9.90 Å².